The van der Waals surface area contributed by atoms with E-state index >= 15 is 0 Å². The van der Waals surface area contributed by atoms with Gasteiger partial charge in [-0.3, -0.25) is 4.90 Å². The number of piperazine rings is 1. The molecule has 3 heterocycles. The second-order valence-corrected chi connectivity index (χ2v) is 8.31. The van der Waals surface area contributed by atoms with E-state index in [2.05, 4.69) is 47.5 Å². The minimum atomic E-state index is 0.867. The lowest BCUT2D eigenvalue weighted by Gasteiger charge is -2.36. The second kappa shape index (κ2) is 7.37. The Morgan fingerprint density at radius 3 is 2.25 bits per heavy atom. The van der Waals surface area contributed by atoms with Crippen molar-refractivity contribution >= 4 is 28.9 Å². The zero-order valence-electron chi connectivity index (χ0n) is 15.1. The normalized spacial score (nSPS) is 16.0. The van der Waals surface area contributed by atoms with E-state index in [1.54, 1.807) is 11.8 Å². The van der Waals surface area contributed by atoms with E-state index in [1.807, 2.05) is 17.6 Å². The maximum atomic E-state index is 4.75. The molecule has 1 aliphatic rings. The minimum absolute atomic E-state index is 0.867. The van der Waals surface area contributed by atoms with Crippen LogP contribution >= 0.6 is 23.1 Å². The van der Waals surface area contributed by atoms with Gasteiger partial charge in [0.1, 0.15) is 5.82 Å². The molecule has 0 N–H and O–H groups in total. The summed E-state index contributed by atoms with van der Waals surface area (Å²) in [5, 5.41) is 2.03. The van der Waals surface area contributed by atoms with Crippen molar-refractivity contribution in [2.75, 3.05) is 37.3 Å². The van der Waals surface area contributed by atoms with Gasteiger partial charge in [0.25, 0.3) is 0 Å². The minimum Gasteiger partial charge on any atom is -0.354 e. The SMILES string of the molecule is CSc1nc(C)c(C)c(N2CCN(Cc3sc(C)nc3C)CC2)n1. The molecule has 24 heavy (non-hydrogen) atoms. The maximum Gasteiger partial charge on any atom is 0.189 e. The molecule has 0 unspecified atom stereocenters. The van der Waals surface area contributed by atoms with E-state index in [0.29, 0.717) is 0 Å². The fourth-order valence-electron chi connectivity index (χ4n) is 3.03. The van der Waals surface area contributed by atoms with Crippen LogP contribution in [0.25, 0.3) is 0 Å². The summed E-state index contributed by atoms with van der Waals surface area (Å²) in [5.41, 5.74) is 3.48. The van der Waals surface area contributed by atoms with Crippen molar-refractivity contribution in [1.29, 1.82) is 0 Å². The van der Waals surface area contributed by atoms with Crippen LogP contribution in [-0.4, -0.2) is 52.3 Å². The van der Waals surface area contributed by atoms with Crippen molar-refractivity contribution in [3.05, 3.63) is 26.8 Å². The number of aromatic nitrogens is 3. The summed E-state index contributed by atoms with van der Waals surface area (Å²) in [4.78, 5) is 20.2. The van der Waals surface area contributed by atoms with Crippen LogP contribution in [0.2, 0.25) is 0 Å². The number of thioether (sulfide) groups is 1. The van der Waals surface area contributed by atoms with Gasteiger partial charge in [-0.25, -0.2) is 15.0 Å². The summed E-state index contributed by atoms with van der Waals surface area (Å²) < 4.78 is 0. The molecule has 0 aliphatic carbocycles. The van der Waals surface area contributed by atoms with Crippen LogP contribution in [0, 0.1) is 27.7 Å². The van der Waals surface area contributed by atoms with Crippen LogP contribution < -0.4 is 4.90 Å². The van der Waals surface area contributed by atoms with Gasteiger partial charge in [0.05, 0.1) is 10.7 Å². The van der Waals surface area contributed by atoms with Crippen molar-refractivity contribution in [3.8, 4) is 0 Å². The average molecular weight is 364 g/mol. The average Bonchev–Trinajstić information content (AvgIpc) is 2.88. The molecule has 130 valence electrons. The molecule has 1 aliphatic heterocycles. The maximum absolute atomic E-state index is 4.75. The third-order valence-corrected chi connectivity index (χ3v) is 6.17. The zero-order chi connectivity index (χ0) is 17.3. The summed E-state index contributed by atoms with van der Waals surface area (Å²) >= 11 is 3.44. The van der Waals surface area contributed by atoms with Crippen molar-refractivity contribution in [3.63, 3.8) is 0 Å². The van der Waals surface area contributed by atoms with Crippen LogP contribution in [0.5, 0.6) is 0 Å². The number of anilines is 1. The van der Waals surface area contributed by atoms with Gasteiger partial charge in [-0.1, -0.05) is 11.8 Å². The highest BCUT2D eigenvalue weighted by Gasteiger charge is 2.22. The first-order valence-corrected chi connectivity index (χ1v) is 10.3. The van der Waals surface area contributed by atoms with Crippen LogP contribution in [0.4, 0.5) is 5.82 Å². The van der Waals surface area contributed by atoms with Crippen molar-refractivity contribution in [2.24, 2.45) is 0 Å². The highest BCUT2D eigenvalue weighted by molar-refractivity contribution is 7.98. The van der Waals surface area contributed by atoms with Gasteiger partial charge in [0.2, 0.25) is 0 Å². The fraction of sp³-hybridized carbons (Fsp3) is 0.588. The standard InChI is InChI=1S/C17H25N5S2/c1-11-12(2)19-17(23-5)20-16(11)22-8-6-21(7-9-22)10-15-13(3)18-14(4)24-15/h6-10H2,1-5H3. The molecule has 0 spiro atoms. The van der Waals surface area contributed by atoms with Gasteiger partial charge in [-0.05, 0) is 34.0 Å². The lowest BCUT2D eigenvalue weighted by molar-refractivity contribution is 0.250. The predicted octanol–water partition coefficient (Wildman–Crippen LogP) is 3.21. The molecule has 2 aromatic heterocycles. The quantitative estimate of drug-likeness (QED) is 0.614. The molecule has 0 radical (unpaired) electrons. The zero-order valence-corrected chi connectivity index (χ0v) is 16.7. The lowest BCUT2D eigenvalue weighted by atomic mass is 10.2. The van der Waals surface area contributed by atoms with E-state index in [4.69, 9.17) is 4.98 Å². The summed E-state index contributed by atoms with van der Waals surface area (Å²) in [6.07, 6.45) is 2.03. The first kappa shape index (κ1) is 17.6. The van der Waals surface area contributed by atoms with E-state index in [0.717, 1.165) is 54.4 Å². The number of aryl methyl sites for hydroxylation is 3. The lowest BCUT2D eigenvalue weighted by Crippen LogP contribution is -2.46. The Labute approximate surface area is 152 Å². The van der Waals surface area contributed by atoms with Crippen molar-refractivity contribution in [2.45, 2.75) is 39.4 Å². The smallest absolute Gasteiger partial charge is 0.189 e. The third kappa shape index (κ3) is 3.73. The molecule has 1 fully saturated rings. The monoisotopic (exact) mass is 363 g/mol. The van der Waals surface area contributed by atoms with Gasteiger partial charge in [-0.2, -0.15) is 0 Å². The molecule has 0 bridgehead atoms. The molecule has 0 saturated carbocycles. The van der Waals surface area contributed by atoms with E-state index in [1.165, 1.54) is 16.1 Å². The fourth-order valence-corrected chi connectivity index (χ4v) is 4.41. The van der Waals surface area contributed by atoms with Gasteiger partial charge in [0, 0.05) is 48.9 Å². The molecule has 7 heteroatoms. The second-order valence-electron chi connectivity index (χ2n) is 6.25. The Morgan fingerprint density at radius 1 is 0.958 bits per heavy atom. The molecule has 2 aromatic rings. The molecule has 0 atom stereocenters. The molecule has 5 nitrogen and oxygen atoms in total. The van der Waals surface area contributed by atoms with E-state index in [-0.39, 0.29) is 0 Å². The Balaban J connectivity index is 1.67. The van der Waals surface area contributed by atoms with Crippen LogP contribution in [-0.2, 0) is 6.54 Å². The van der Waals surface area contributed by atoms with Crippen LogP contribution in [0.3, 0.4) is 0 Å². The summed E-state index contributed by atoms with van der Waals surface area (Å²) in [7, 11) is 0. The molecule has 1 saturated heterocycles. The Bertz CT molecular complexity index is 720. The first-order valence-electron chi connectivity index (χ1n) is 8.27. The Kier molecular flexibility index (Phi) is 5.42. The van der Waals surface area contributed by atoms with Crippen LogP contribution in [0.1, 0.15) is 26.8 Å². The number of rotatable bonds is 4. The van der Waals surface area contributed by atoms with Crippen molar-refractivity contribution in [1.82, 2.24) is 19.9 Å². The van der Waals surface area contributed by atoms with E-state index in [9.17, 15) is 0 Å². The van der Waals surface area contributed by atoms with Crippen molar-refractivity contribution < 1.29 is 0 Å². The van der Waals surface area contributed by atoms with Gasteiger partial charge < -0.3 is 4.90 Å². The highest BCUT2D eigenvalue weighted by atomic mass is 32.2. The number of nitrogens with zero attached hydrogens (tertiary/aromatic N) is 5. The molecular formula is C17H25N5S2. The third-order valence-electron chi connectivity index (χ3n) is 4.56. The molecule has 0 amide bonds. The van der Waals surface area contributed by atoms with Gasteiger partial charge in [-0.15, -0.1) is 11.3 Å². The number of hydrogen-bond donors (Lipinski definition) is 0. The number of thiazole rings is 1. The van der Waals surface area contributed by atoms with Gasteiger partial charge in [0.15, 0.2) is 5.16 Å². The largest absolute Gasteiger partial charge is 0.354 e. The molecule has 0 aromatic carbocycles. The Hall–Kier alpha value is -1.18. The summed E-state index contributed by atoms with van der Waals surface area (Å²) in [6, 6.07) is 0. The molecular weight excluding hydrogens is 338 g/mol. The predicted molar refractivity (Wildman–Crippen MR) is 102 cm³/mol. The highest BCUT2D eigenvalue weighted by Crippen LogP contribution is 2.25. The van der Waals surface area contributed by atoms with Crippen LogP contribution in [0.15, 0.2) is 5.16 Å². The summed E-state index contributed by atoms with van der Waals surface area (Å²) in [5.74, 6) is 1.11. The molecule has 3 rings (SSSR count). The van der Waals surface area contributed by atoms with E-state index < -0.39 is 0 Å². The van der Waals surface area contributed by atoms with Gasteiger partial charge >= 0.3 is 0 Å². The summed E-state index contributed by atoms with van der Waals surface area (Å²) in [6.45, 7) is 13.6. The first-order chi connectivity index (χ1) is 11.5. The Morgan fingerprint density at radius 2 is 1.67 bits per heavy atom. The number of hydrogen-bond acceptors (Lipinski definition) is 7. The topological polar surface area (TPSA) is 45.2 Å².